The Morgan fingerprint density at radius 1 is 1.25 bits per heavy atom. The third-order valence-electron chi connectivity index (χ3n) is 0. The molecule has 0 aliphatic rings. The van der Waals surface area contributed by atoms with Crippen molar-refractivity contribution in [3.63, 3.8) is 0 Å². The Labute approximate surface area is 49.3 Å². The van der Waals surface area contributed by atoms with Crippen LogP contribution in [0.5, 0.6) is 0 Å². The number of hydrogen-bond donors (Lipinski definition) is 0. The Hall–Kier alpha value is 1.45. The van der Waals surface area contributed by atoms with E-state index in [0.29, 0.717) is 0 Å². The van der Waals surface area contributed by atoms with Crippen molar-refractivity contribution < 1.29 is 28.2 Å². The van der Waals surface area contributed by atoms with Gasteiger partial charge < -0.3 is 0 Å². The van der Waals surface area contributed by atoms with Crippen LogP contribution < -0.4 is 0 Å². The molecule has 0 radical (unpaired) electrons. The molecule has 4 heavy (non-hydrogen) atoms. The second kappa shape index (κ2) is 25.1. The van der Waals surface area contributed by atoms with Gasteiger partial charge in [-0.3, -0.25) is 0 Å². The summed E-state index contributed by atoms with van der Waals surface area (Å²) in [5.74, 6) is 0. The Balaban J connectivity index is 0. The Morgan fingerprint density at radius 2 is 1.25 bits per heavy atom. The molecule has 0 spiro atoms. The first-order valence-corrected chi connectivity index (χ1v) is 3.12. The third kappa shape index (κ3) is 9.84. The average Bonchev–Trinajstić information content (AvgIpc) is 1.50. The summed E-state index contributed by atoms with van der Waals surface area (Å²) in [5.41, 5.74) is 0. The Kier molecular flexibility index (Phi) is 57.0. The van der Waals surface area contributed by atoms with Crippen molar-refractivity contribution in [1.82, 2.24) is 0 Å². The van der Waals surface area contributed by atoms with Crippen LogP contribution in [0.3, 0.4) is 0 Å². The van der Waals surface area contributed by atoms with Gasteiger partial charge in [0.1, 0.15) is 0 Å². The van der Waals surface area contributed by atoms with E-state index in [1.165, 1.54) is 0 Å². The molecular weight excluding hydrogens is 186 g/mol. The van der Waals surface area contributed by atoms with E-state index >= 15 is 0 Å². The molecule has 0 aromatic carbocycles. The quantitative estimate of drug-likeness (QED) is 0.523. The predicted octanol–water partition coefficient (Wildman–Crippen LogP) is 1.29. The average molecular weight is 186 g/mol. The van der Waals surface area contributed by atoms with Gasteiger partial charge >= 0.3 is 49.5 Å². The van der Waals surface area contributed by atoms with Gasteiger partial charge in [-0.2, -0.15) is 0 Å². The van der Waals surface area contributed by atoms with Gasteiger partial charge in [0.2, 0.25) is 0 Å². The fraction of sp³-hybridized carbons (Fsp3) is 0. The second-order valence-electron chi connectivity index (χ2n) is 0. The Bertz CT molecular complexity index is 8.00. The fourth-order valence-electron chi connectivity index (χ4n) is 0. The van der Waals surface area contributed by atoms with E-state index in [2.05, 4.69) is 49.5 Å². The molecule has 0 aromatic heterocycles. The van der Waals surface area contributed by atoms with Crippen LogP contribution >= 0.6 is 21.2 Å². The molecule has 0 fully saturated rings. The molecule has 0 rings (SSSR count). The summed E-state index contributed by atoms with van der Waals surface area (Å²) in [6.07, 6.45) is 0. The number of hydrogen-bond acceptors (Lipinski definition) is 2. The monoisotopic (exact) mass is 185 g/mol. The van der Waals surface area contributed by atoms with Gasteiger partial charge in [0, 0.05) is 0 Å². The van der Waals surface area contributed by atoms with Crippen molar-refractivity contribution in [2.24, 2.45) is 0 Å². The molecule has 0 amide bonds. The van der Waals surface area contributed by atoms with E-state index in [1.807, 2.05) is 0 Å². The number of rotatable bonds is 0. The van der Waals surface area contributed by atoms with Crippen molar-refractivity contribution in [3.05, 3.63) is 0 Å². The summed E-state index contributed by atoms with van der Waals surface area (Å²) in [4.78, 5) is 0. The summed E-state index contributed by atoms with van der Waals surface area (Å²) in [5, 5.41) is 0. The molecule has 0 aliphatic heterocycles. The molecule has 0 unspecified atom stereocenters. The molecule has 0 saturated carbocycles. The van der Waals surface area contributed by atoms with Gasteiger partial charge in [0.25, 0.3) is 0 Å². The molecule has 0 N–H and O–H groups in total. The van der Waals surface area contributed by atoms with Crippen LogP contribution in [0.25, 0.3) is 0 Å². The van der Waals surface area contributed by atoms with E-state index in [0.717, 1.165) is 0 Å². The Morgan fingerprint density at radius 3 is 1.25 bits per heavy atom. The van der Waals surface area contributed by atoms with Crippen molar-refractivity contribution in [1.29, 1.82) is 0 Å². The van der Waals surface area contributed by atoms with Crippen molar-refractivity contribution in [3.8, 4) is 0 Å². The molecular formula is CuNiS2. The summed E-state index contributed by atoms with van der Waals surface area (Å²) in [6, 6.07) is 0. The zero-order valence-corrected chi connectivity index (χ0v) is 5.00. The van der Waals surface area contributed by atoms with E-state index in [-0.39, 0.29) is 0 Å². The van der Waals surface area contributed by atoms with E-state index in [1.54, 1.807) is 0 Å². The molecule has 0 bridgehead atoms. The minimum absolute atomic E-state index is 3.46. The molecule has 0 atom stereocenters. The van der Waals surface area contributed by atoms with Crippen LogP contribution in [0.2, 0.25) is 0 Å². The molecule has 0 saturated heterocycles. The minimum atomic E-state index is 3.46. The summed E-state index contributed by atoms with van der Waals surface area (Å²) < 4.78 is 0. The van der Waals surface area contributed by atoms with Crippen molar-refractivity contribution >= 4 is 21.2 Å². The maximum atomic E-state index is 3.77. The first kappa shape index (κ1) is 9.07. The molecule has 33 valence electrons. The van der Waals surface area contributed by atoms with Crippen LogP contribution in [0.4, 0.5) is 0 Å². The topological polar surface area (TPSA) is 0 Å². The summed E-state index contributed by atoms with van der Waals surface area (Å²) in [7, 11) is 7.35. The zero-order chi connectivity index (χ0) is 4.00. The van der Waals surface area contributed by atoms with E-state index in [4.69, 9.17) is 0 Å². The summed E-state index contributed by atoms with van der Waals surface area (Å²) >= 11 is 7.23. The van der Waals surface area contributed by atoms with Crippen molar-refractivity contribution in [2.75, 3.05) is 0 Å². The molecule has 0 heterocycles. The standard InChI is InChI=1S/Cu.Ni.2S. The molecule has 0 nitrogen and oxygen atoms in total. The van der Waals surface area contributed by atoms with E-state index < -0.39 is 0 Å². The zero-order valence-electron chi connectivity index (χ0n) is 1.43. The molecule has 0 aliphatic carbocycles. The molecule has 0 aromatic rings. The van der Waals surface area contributed by atoms with Crippen LogP contribution in [-0.2, 0) is 28.2 Å². The predicted molar refractivity (Wildman–Crippen MR) is 15.2 cm³/mol. The van der Waals surface area contributed by atoms with Gasteiger partial charge in [-0.1, -0.05) is 0 Å². The van der Waals surface area contributed by atoms with Crippen LogP contribution in [-0.4, -0.2) is 0 Å². The summed E-state index contributed by atoms with van der Waals surface area (Å²) in [6.45, 7) is 0. The van der Waals surface area contributed by atoms with Gasteiger partial charge in [-0.05, 0) is 0 Å². The van der Waals surface area contributed by atoms with Gasteiger partial charge in [-0.25, -0.2) is 0 Å². The molecule has 4 heteroatoms. The third-order valence-corrected chi connectivity index (χ3v) is 0. The van der Waals surface area contributed by atoms with E-state index in [9.17, 15) is 0 Å². The van der Waals surface area contributed by atoms with Crippen molar-refractivity contribution in [2.45, 2.75) is 0 Å². The first-order valence-electron chi connectivity index (χ1n) is 0.252. The SMILES string of the molecule is [S]=[Cu].[S]=[Ni]. The maximum absolute atomic E-state index is 3.77. The van der Waals surface area contributed by atoms with Gasteiger partial charge in [0.15, 0.2) is 0 Å². The first-order chi connectivity index (χ1) is 2.00. The van der Waals surface area contributed by atoms with Crippen LogP contribution in [0.1, 0.15) is 0 Å². The van der Waals surface area contributed by atoms with Crippen LogP contribution in [0, 0.1) is 0 Å². The second-order valence-corrected chi connectivity index (χ2v) is 0. The fourth-order valence-corrected chi connectivity index (χ4v) is 0. The van der Waals surface area contributed by atoms with Crippen LogP contribution in [0.15, 0.2) is 0 Å². The van der Waals surface area contributed by atoms with Gasteiger partial charge in [-0.15, -0.1) is 0 Å². The normalized spacial score (nSPS) is 3.00. The van der Waals surface area contributed by atoms with Gasteiger partial charge in [0.05, 0.1) is 0 Å².